The van der Waals surface area contributed by atoms with Gasteiger partial charge in [-0.3, -0.25) is 9.59 Å². The largest absolute Gasteiger partial charge is 0.462 e. The third kappa shape index (κ3) is 3.85. The number of benzene rings is 2. The number of rotatable bonds is 4. The summed E-state index contributed by atoms with van der Waals surface area (Å²) in [5, 5.41) is 3.43. The summed E-state index contributed by atoms with van der Waals surface area (Å²) < 4.78 is 6.64. The van der Waals surface area contributed by atoms with Crippen LogP contribution in [0.15, 0.2) is 53.5 Å². The molecule has 0 atom stereocenters. The Balaban J connectivity index is 1.95. The van der Waals surface area contributed by atoms with Gasteiger partial charge < -0.3 is 14.6 Å². The number of carbonyl (C=O) groups is 2. The lowest BCUT2D eigenvalue weighted by Crippen LogP contribution is -2.23. The zero-order valence-electron chi connectivity index (χ0n) is 14.8. The van der Waals surface area contributed by atoms with Gasteiger partial charge in [0.1, 0.15) is 5.56 Å². The summed E-state index contributed by atoms with van der Waals surface area (Å²) in [6.45, 7) is 1.97. The number of esters is 1. The number of nitrogens with zero attached hydrogens (tertiary/aromatic N) is 1. The molecule has 0 radical (unpaired) electrons. The van der Waals surface area contributed by atoms with Gasteiger partial charge in [-0.15, -0.1) is 0 Å². The number of fused-ring (bicyclic) bond motifs is 1. The molecule has 2 aromatic carbocycles. The van der Waals surface area contributed by atoms with Crippen LogP contribution in [0.4, 0.5) is 5.69 Å². The fraction of sp³-hybridized carbons (Fsp3) is 0.150. The second kappa shape index (κ2) is 7.63. The van der Waals surface area contributed by atoms with E-state index in [9.17, 15) is 14.4 Å². The maximum atomic E-state index is 12.7. The van der Waals surface area contributed by atoms with E-state index < -0.39 is 17.3 Å². The van der Waals surface area contributed by atoms with Crippen molar-refractivity contribution in [3.63, 3.8) is 0 Å². The molecule has 1 aromatic heterocycles. The summed E-state index contributed by atoms with van der Waals surface area (Å²) in [7, 11) is 1.74. The highest BCUT2D eigenvalue weighted by atomic mass is 35.5. The minimum atomic E-state index is -0.571. The molecule has 27 heavy (non-hydrogen) atoms. The standard InChI is InChI=1S/C20H17ClN2O4/c1-3-27-20(26)12-5-4-6-14(9-12)22-19(25)16-11-23(2)17-8-7-13(21)10-15(17)18(16)24/h4-11H,3H2,1-2H3,(H,22,25). The number of pyridine rings is 1. The first kappa shape index (κ1) is 18.7. The van der Waals surface area contributed by atoms with E-state index >= 15 is 0 Å². The monoisotopic (exact) mass is 384 g/mol. The Hall–Kier alpha value is -3.12. The van der Waals surface area contributed by atoms with Crippen molar-refractivity contribution in [2.24, 2.45) is 7.05 Å². The molecule has 0 saturated carbocycles. The number of halogens is 1. The van der Waals surface area contributed by atoms with Gasteiger partial charge in [0.15, 0.2) is 0 Å². The van der Waals surface area contributed by atoms with Gasteiger partial charge in [0.2, 0.25) is 5.43 Å². The van der Waals surface area contributed by atoms with E-state index in [1.165, 1.54) is 18.3 Å². The minimum Gasteiger partial charge on any atom is -0.462 e. The third-order valence-corrected chi connectivity index (χ3v) is 4.26. The third-order valence-electron chi connectivity index (χ3n) is 4.03. The minimum absolute atomic E-state index is 0.0196. The normalized spacial score (nSPS) is 10.6. The van der Waals surface area contributed by atoms with Crippen molar-refractivity contribution >= 4 is 40.1 Å². The molecule has 0 unspecified atom stereocenters. The number of hydrogen-bond acceptors (Lipinski definition) is 4. The summed E-state index contributed by atoms with van der Waals surface area (Å²) in [5.41, 5.74) is 0.940. The molecule has 0 saturated heterocycles. The van der Waals surface area contributed by atoms with Gasteiger partial charge in [0, 0.05) is 29.3 Å². The first-order valence-electron chi connectivity index (χ1n) is 8.28. The lowest BCUT2D eigenvalue weighted by atomic mass is 10.1. The number of anilines is 1. The predicted octanol–water partition coefficient (Wildman–Crippen LogP) is 3.62. The quantitative estimate of drug-likeness (QED) is 0.697. The van der Waals surface area contributed by atoms with Gasteiger partial charge in [-0.1, -0.05) is 17.7 Å². The van der Waals surface area contributed by atoms with Crippen LogP contribution in [0, 0.1) is 0 Å². The van der Waals surface area contributed by atoms with Gasteiger partial charge in [-0.05, 0) is 43.3 Å². The molecule has 0 spiro atoms. The number of aryl methyl sites for hydroxylation is 1. The zero-order valence-corrected chi connectivity index (χ0v) is 15.5. The lowest BCUT2D eigenvalue weighted by Gasteiger charge is -2.10. The lowest BCUT2D eigenvalue weighted by molar-refractivity contribution is 0.0526. The van der Waals surface area contributed by atoms with Gasteiger partial charge in [-0.2, -0.15) is 0 Å². The molecule has 0 aliphatic carbocycles. The van der Waals surface area contributed by atoms with Crippen molar-refractivity contribution in [2.45, 2.75) is 6.92 Å². The summed E-state index contributed by atoms with van der Waals surface area (Å²) >= 11 is 5.98. The van der Waals surface area contributed by atoms with Crippen LogP contribution in [0.2, 0.25) is 5.02 Å². The van der Waals surface area contributed by atoms with Crippen LogP contribution in [-0.4, -0.2) is 23.1 Å². The molecule has 1 N–H and O–H groups in total. The first-order valence-corrected chi connectivity index (χ1v) is 8.66. The van der Waals surface area contributed by atoms with E-state index in [1.54, 1.807) is 48.9 Å². The zero-order chi connectivity index (χ0) is 19.6. The average Bonchev–Trinajstić information content (AvgIpc) is 2.65. The van der Waals surface area contributed by atoms with Gasteiger partial charge in [0.05, 0.1) is 17.7 Å². The Labute approximate surface area is 160 Å². The average molecular weight is 385 g/mol. The van der Waals surface area contributed by atoms with Crippen LogP contribution in [0.5, 0.6) is 0 Å². The SMILES string of the molecule is CCOC(=O)c1cccc(NC(=O)c2cn(C)c3ccc(Cl)cc3c2=O)c1. The van der Waals surface area contributed by atoms with Crippen LogP contribution >= 0.6 is 11.6 Å². The molecule has 3 aromatic rings. The van der Waals surface area contributed by atoms with Crippen LogP contribution in [0.25, 0.3) is 10.9 Å². The predicted molar refractivity (Wildman–Crippen MR) is 105 cm³/mol. The van der Waals surface area contributed by atoms with Crippen LogP contribution < -0.4 is 10.7 Å². The van der Waals surface area contributed by atoms with E-state index in [0.29, 0.717) is 27.2 Å². The number of carbonyl (C=O) groups excluding carboxylic acids is 2. The van der Waals surface area contributed by atoms with Gasteiger partial charge in [-0.25, -0.2) is 4.79 Å². The van der Waals surface area contributed by atoms with E-state index in [-0.39, 0.29) is 12.2 Å². The number of nitrogens with one attached hydrogen (secondary N) is 1. The fourth-order valence-electron chi connectivity index (χ4n) is 2.76. The Morgan fingerprint density at radius 3 is 2.70 bits per heavy atom. The van der Waals surface area contributed by atoms with Crippen molar-refractivity contribution in [1.29, 1.82) is 0 Å². The van der Waals surface area contributed by atoms with E-state index in [2.05, 4.69) is 5.32 Å². The molecule has 7 heteroatoms. The Morgan fingerprint density at radius 2 is 1.96 bits per heavy atom. The van der Waals surface area contributed by atoms with Crippen molar-refractivity contribution in [1.82, 2.24) is 4.57 Å². The summed E-state index contributed by atoms with van der Waals surface area (Å²) in [5.74, 6) is -1.05. The topological polar surface area (TPSA) is 77.4 Å². The molecule has 6 nitrogen and oxygen atoms in total. The van der Waals surface area contributed by atoms with E-state index in [4.69, 9.17) is 16.3 Å². The van der Waals surface area contributed by atoms with Crippen molar-refractivity contribution in [3.05, 3.63) is 75.0 Å². The molecule has 138 valence electrons. The second-order valence-electron chi connectivity index (χ2n) is 5.90. The summed E-state index contributed by atoms with van der Waals surface area (Å²) in [4.78, 5) is 37.2. The van der Waals surface area contributed by atoms with Crippen molar-refractivity contribution < 1.29 is 14.3 Å². The Morgan fingerprint density at radius 1 is 1.19 bits per heavy atom. The highest BCUT2D eigenvalue weighted by Gasteiger charge is 2.16. The number of aromatic nitrogens is 1. The first-order chi connectivity index (χ1) is 12.9. The molecule has 3 rings (SSSR count). The van der Waals surface area contributed by atoms with Gasteiger partial charge >= 0.3 is 5.97 Å². The second-order valence-corrected chi connectivity index (χ2v) is 6.34. The maximum absolute atomic E-state index is 12.7. The maximum Gasteiger partial charge on any atom is 0.338 e. The van der Waals surface area contributed by atoms with Crippen LogP contribution in [0.3, 0.4) is 0 Å². The molecule has 1 amide bonds. The Bertz CT molecular complexity index is 1100. The Kier molecular flexibility index (Phi) is 5.28. The van der Waals surface area contributed by atoms with Crippen molar-refractivity contribution in [3.8, 4) is 0 Å². The molecule has 0 aliphatic rings. The smallest absolute Gasteiger partial charge is 0.338 e. The van der Waals surface area contributed by atoms with Crippen LogP contribution in [-0.2, 0) is 11.8 Å². The van der Waals surface area contributed by atoms with Crippen molar-refractivity contribution in [2.75, 3.05) is 11.9 Å². The molecular weight excluding hydrogens is 368 g/mol. The summed E-state index contributed by atoms with van der Waals surface area (Å²) in [6.07, 6.45) is 1.48. The van der Waals surface area contributed by atoms with Gasteiger partial charge in [0.25, 0.3) is 5.91 Å². The highest BCUT2D eigenvalue weighted by Crippen LogP contribution is 2.18. The molecule has 0 bridgehead atoms. The van der Waals surface area contributed by atoms with E-state index in [0.717, 1.165) is 0 Å². The number of amides is 1. The molecule has 1 heterocycles. The highest BCUT2D eigenvalue weighted by molar-refractivity contribution is 6.31. The number of ether oxygens (including phenoxy) is 1. The summed E-state index contributed by atoms with van der Waals surface area (Å²) in [6, 6.07) is 11.3. The van der Waals surface area contributed by atoms with Crippen LogP contribution in [0.1, 0.15) is 27.6 Å². The molecule has 0 aliphatic heterocycles. The van der Waals surface area contributed by atoms with E-state index in [1.807, 2.05) is 0 Å². The number of hydrogen-bond donors (Lipinski definition) is 1. The molecule has 0 fully saturated rings. The molecular formula is C20H17ClN2O4. The fourth-order valence-corrected chi connectivity index (χ4v) is 2.94.